The van der Waals surface area contributed by atoms with Crippen molar-refractivity contribution in [3.63, 3.8) is 0 Å². The van der Waals surface area contributed by atoms with Crippen LogP contribution in [0.25, 0.3) is 49.0 Å². The number of allylic oxidation sites excluding steroid dienone is 2. The molecule has 4 aliphatic carbocycles. The first-order valence-corrected chi connectivity index (χ1v) is 24.1. The molecule has 2 fully saturated rings. The van der Waals surface area contributed by atoms with Crippen LogP contribution in [-0.4, -0.2) is 6.04 Å². The number of para-hydroxylation sites is 2. The Morgan fingerprint density at radius 3 is 1.83 bits per heavy atom. The van der Waals surface area contributed by atoms with Crippen LogP contribution in [0.15, 0.2) is 206 Å². The molecule has 0 saturated heterocycles. The summed E-state index contributed by atoms with van der Waals surface area (Å²) in [6.07, 6.45) is 12.8. The second-order valence-corrected chi connectivity index (χ2v) is 19.9. The lowest BCUT2D eigenvalue weighted by Gasteiger charge is -2.58. The second kappa shape index (κ2) is 15.1. The van der Waals surface area contributed by atoms with Crippen molar-refractivity contribution < 1.29 is 0 Å². The van der Waals surface area contributed by atoms with Crippen LogP contribution < -0.4 is 9.80 Å². The highest BCUT2D eigenvalue weighted by Gasteiger charge is 2.62. The maximum absolute atomic E-state index is 2.78. The largest absolute Gasteiger partial charge is 0.333 e. The summed E-state index contributed by atoms with van der Waals surface area (Å²) in [4.78, 5) is 5.21. The van der Waals surface area contributed by atoms with Gasteiger partial charge in [-0.1, -0.05) is 172 Å². The fraction of sp³-hybridized carbons (Fsp3) is 0.206. The van der Waals surface area contributed by atoms with E-state index in [1.807, 2.05) is 0 Å². The zero-order valence-corrected chi connectivity index (χ0v) is 37.3. The lowest BCUT2D eigenvalue weighted by molar-refractivity contribution is -0.00464. The SMILES string of the molecule is CC1CC2CC(C)C3(c4ccccc4C4=CC=CC(N(c5cccc(-c6ccccc6)c5)c5ccc6ccc7c(N(c8ccccc8)c8ccccc8)ccc8ccc5c6c87)C43)C(C1)C2. The van der Waals surface area contributed by atoms with E-state index in [9.17, 15) is 0 Å². The highest BCUT2D eigenvalue weighted by Crippen LogP contribution is 2.67. The Bertz CT molecular complexity index is 3250. The van der Waals surface area contributed by atoms with Crippen LogP contribution in [0.3, 0.4) is 0 Å². The minimum absolute atomic E-state index is 0.0370. The third-order valence-corrected chi connectivity index (χ3v) is 16.4. The fourth-order valence-corrected chi connectivity index (χ4v) is 14.1. The first-order valence-electron chi connectivity index (χ1n) is 24.1. The molecule has 13 rings (SSSR count). The second-order valence-electron chi connectivity index (χ2n) is 19.9. The minimum Gasteiger partial charge on any atom is -0.333 e. The molecule has 65 heavy (non-hydrogen) atoms. The molecule has 0 aromatic heterocycles. The van der Waals surface area contributed by atoms with Gasteiger partial charge in [-0.3, -0.25) is 0 Å². The summed E-state index contributed by atoms with van der Waals surface area (Å²) >= 11 is 0. The number of anilines is 5. The van der Waals surface area contributed by atoms with Crippen LogP contribution in [0.5, 0.6) is 0 Å². The third kappa shape index (κ3) is 5.85. The molecule has 2 bridgehead atoms. The van der Waals surface area contributed by atoms with E-state index in [-0.39, 0.29) is 11.5 Å². The summed E-state index contributed by atoms with van der Waals surface area (Å²) in [5.41, 5.74) is 13.1. The van der Waals surface area contributed by atoms with E-state index in [4.69, 9.17) is 0 Å². The van der Waals surface area contributed by atoms with E-state index < -0.39 is 0 Å². The molecule has 0 N–H and O–H groups in total. The van der Waals surface area contributed by atoms with Crippen LogP contribution in [0.1, 0.15) is 50.7 Å². The molecule has 2 heteroatoms. The Balaban J connectivity index is 1.06. The van der Waals surface area contributed by atoms with Crippen molar-refractivity contribution in [2.24, 2.45) is 29.6 Å². The molecule has 7 unspecified atom stereocenters. The van der Waals surface area contributed by atoms with Crippen molar-refractivity contribution in [3.05, 3.63) is 217 Å². The summed E-state index contributed by atoms with van der Waals surface area (Å²) in [6.45, 7) is 5.17. The lowest BCUT2D eigenvalue weighted by Crippen LogP contribution is -2.57. The molecule has 2 nitrogen and oxygen atoms in total. The standard InChI is InChI=1S/C63H54N2/c1-41-36-43-38-42(2)63(48(37-41)39-43)56-26-13-12-24-52(56)53-25-15-27-59(62(53)63)65(51-23-14-18-47(40-51)44-16-6-3-7-17-44)58-35-31-46-28-32-54-57(34-30-45-29-33-55(58)61(46)60(45)54)64(49-19-8-4-9-20-49)50-21-10-5-11-22-50/h3-35,40-43,48,59,62H,36-39H2,1-2H3. The maximum Gasteiger partial charge on any atom is 0.0603 e. The summed E-state index contributed by atoms with van der Waals surface area (Å²) in [6, 6.07) is 70.8. The Labute approximate surface area is 383 Å². The highest BCUT2D eigenvalue weighted by atomic mass is 15.2. The van der Waals surface area contributed by atoms with Gasteiger partial charge in [-0.25, -0.2) is 0 Å². The predicted molar refractivity (Wildman–Crippen MR) is 275 cm³/mol. The molecule has 1 spiro atoms. The molecule has 7 atom stereocenters. The van der Waals surface area contributed by atoms with Crippen molar-refractivity contribution >= 4 is 66.3 Å². The number of nitrogens with zero attached hydrogens (tertiary/aromatic N) is 2. The number of benzene rings is 9. The average Bonchev–Trinajstić information content (AvgIpc) is 3.66. The molecular weight excluding hydrogens is 785 g/mol. The maximum atomic E-state index is 2.78. The smallest absolute Gasteiger partial charge is 0.0603 e. The molecule has 0 radical (unpaired) electrons. The summed E-state index contributed by atoms with van der Waals surface area (Å²) < 4.78 is 0. The van der Waals surface area contributed by atoms with Crippen molar-refractivity contribution in [1.29, 1.82) is 0 Å². The summed E-state index contributed by atoms with van der Waals surface area (Å²) in [5, 5.41) is 7.75. The van der Waals surface area contributed by atoms with Gasteiger partial charge in [0.25, 0.3) is 0 Å². The monoisotopic (exact) mass is 838 g/mol. The van der Waals surface area contributed by atoms with Crippen LogP contribution >= 0.6 is 0 Å². The van der Waals surface area contributed by atoms with E-state index >= 15 is 0 Å². The molecule has 0 heterocycles. The molecule has 2 saturated carbocycles. The number of hydrogen-bond acceptors (Lipinski definition) is 2. The topological polar surface area (TPSA) is 6.48 Å². The summed E-state index contributed by atoms with van der Waals surface area (Å²) in [7, 11) is 0. The van der Waals surface area contributed by atoms with Gasteiger partial charge in [0, 0.05) is 44.9 Å². The normalized spacial score (nSPS) is 24.3. The van der Waals surface area contributed by atoms with Gasteiger partial charge in [0.2, 0.25) is 0 Å². The van der Waals surface area contributed by atoms with Crippen LogP contribution in [0, 0.1) is 29.6 Å². The van der Waals surface area contributed by atoms with Gasteiger partial charge in [0.15, 0.2) is 0 Å². The lowest BCUT2D eigenvalue weighted by atomic mass is 9.47. The van der Waals surface area contributed by atoms with Crippen LogP contribution in [-0.2, 0) is 5.41 Å². The van der Waals surface area contributed by atoms with Gasteiger partial charge in [-0.05, 0) is 147 Å². The first-order chi connectivity index (χ1) is 32.1. The highest BCUT2D eigenvalue weighted by molar-refractivity contribution is 6.28. The molecular formula is C63H54N2. The Kier molecular flexibility index (Phi) is 8.95. The van der Waals surface area contributed by atoms with E-state index in [1.165, 1.54) is 97.3 Å². The van der Waals surface area contributed by atoms with Crippen LogP contribution in [0.2, 0.25) is 0 Å². The quantitative estimate of drug-likeness (QED) is 0.148. The van der Waals surface area contributed by atoms with Gasteiger partial charge in [-0.2, -0.15) is 0 Å². The van der Waals surface area contributed by atoms with Gasteiger partial charge in [0.1, 0.15) is 0 Å². The Morgan fingerprint density at radius 1 is 0.508 bits per heavy atom. The van der Waals surface area contributed by atoms with E-state index in [0.717, 1.165) is 23.2 Å². The zero-order valence-electron chi connectivity index (χ0n) is 37.3. The molecule has 9 aromatic carbocycles. The third-order valence-electron chi connectivity index (χ3n) is 16.4. The van der Waals surface area contributed by atoms with E-state index in [0.29, 0.717) is 17.8 Å². The van der Waals surface area contributed by atoms with Crippen molar-refractivity contribution in [2.75, 3.05) is 9.80 Å². The van der Waals surface area contributed by atoms with Gasteiger partial charge in [0.05, 0.1) is 11.7 Å². The average molecular weight is 839 g/mol. The number of rotatable bonds is 7. The zero-order chi connectivity index (χ0) is 43.2. The molecule has 4 aliphatic rings. The first kappa shape index (κ1) is 38.5. The molecule has 0 amide bonds. The predicted octanol–water partition coefficient (Wildman–Crippen LogP) is 16.8. The van der Waals surface area contributed by atoms with Crippen molar-refractivity contribution in [2.45, 2.75) is 51.0 Å². The van der Waals surface area contributed by atoms with Gasteiger partial charge in [-0.15, -0.1) is 0 Å². The summed E-state index contributed by atoms with van der Waals surface area (Å²) in [5.74, 6) is 3.08. The van der Waals surface area contributed by atoms with Crippen LogP contribution in [0.4, 0.5) is 28.4 Å². The van der Waals surface area contributed by atoms with Gasteiger partial charge < -0.3 is 9.80 Å². The molecule has 316 valence electrons. The molecule has 0 aliphatic heterocycles. The van der Waals surface area contributed by atoms with E-state index in [2.05, 4.69) is 230 Å². The number of fused-ring (bicyclic) bond motifs is 8. The minimum atomic E-state index is 0.0370. The van der Waals surface area contributed by atoms with E-state index in [1.54, 1.807) is 5.56 Å². The van der Waals surface area contributed by atoms with Gasteiger partial charge >= 0.3 is 0 Å². The van der Waals surface area contributed by atoms with Crippen molar-refractivity contribution in [1.82, 2.24) is 0 Å². The molecule has 9 aromatic rings. The van der Waals surface area contributed by atoms with Crippen molar-refractivity contribution in [3.8, 4) is 11.1 Å². The Morgan fingerprint density at radius 2 is 1.11 bits per heavy atom. The fourth-order valence-electron chi connectivity index (χ4n) is 14.1. The number of hydrogen-bond donors (Lipinski definition) is 0. The Hall–Kier alpha value is -6.90.